The van der Waals surface area contributed by atoms with E-state index in [9.17, 15) is 9.59 Å². The summed E-state index contributed by atoms with van der Waals surface area (Å²) >= 11 is 6.23. The van der Waals surface area contributed by atoms with E-state index in [1.54, 1.807) is 25.1 Å². The maximum Gasteiger partial charge on any atom is 0.341 e. The molecule has 118 valence electrons. The van der Waals surface area contributed by atoms with Crippen molar-refractivity contribution in [3.8, 4) is 0 Å². The number of hydrogen-bond acceptors (Lipinski definition) is 3. The van der Waals surface area contributed by atoms with Gasteiger partial charge in [0, 0.05) is 10.7 Å². The van der Waals surface area contributed by atoms with Crippen molar-refractivity contribution < 1.29 is 14.3 Å². The van der Waals surface area contributed by atoms with E-state index < -0.39 is 18.0 Å². The summed E-state index contributed by atoms with van der Waals surface area (Å²) in [4.78, 5) is 28.2. The number of hydrogen-bond donors (Lipinski definition) is 1. The van der Waals surface area contributed by atoms with Crippen LogP contribution in [-0.2, 0) is 9.53 Å². The lowest BCUT2D eigenvalue weighted by molar-refractivity contribution is -0.146. The van der Waals surface area contributed by atoms with Gasteiger partial charge in [-0.05, 0) is 25.0 Å². The van der Waals surface area contributed by atoms with Crippen LogP contribution in [0.15, 0.2) is 29.3 Å². The number of amides is 2. The van der Waals surface area contributed by atoms with E-state index in [1.807, 2.05) is 13.0 Å². The largest absolute Gasteiger partial charge is 0.465 e. The van der Waals surface area contributed by atoms with Crippen LogP contribution in [0.4, 0.5) is 4.79 Å². The minimum absolute atomic E-state index is 0.276. The standard InChI is InChI=1S/C16H19ClN2O3/c1-3-7-12-13(15(20)22-4-2)14(19-16(21)18-12)10-8-5-6-9-11(10)17/h5-6,8-9,13-14H,3-4,7H2,1-2H3,(H,19,21). The number of carbonyl (C=O) groups is 2. The van der Waals surface area contributed by atoms with Crippen molar-refractivity contribution in [1.29, 1.82) is 0 Å². The summed E-state index contributed by atoms with van der Waals surface area (Å²) in [7, 11) is 0. The molecule has 0 saturated carbocycles. The molecular weight excluding hydrogens is 304 g/mol. The number of carbonyl (C=O) groups excluding carboxylic acids is 2. The van der Waals surface area contributed by atoms with Crippen molar-refractivity contribution in [2.24, 2.45) is 10.9 Å². The lowest BCUT2D eigenvalue weighted by Gasteiger charge is -2.31. The van der Waals surface area contributed by atoms with Gasteiger partial charge in [-0.25, -0.2) is 9.79 Å². The lowest BCUT2D eigenvalue weighted by Crippen LogP contribution is -2.45. The number of benzene rings is 1. The zero-order chi connectivity index (χ0) is 16.1. The molecule has 0 aliphatic carbocycles. The van der Waals surface area contributed by atoms with Crippen LogP contribution >= 0.6 is 11.6 Å². The van der Waals surface area contributed by atoms with Crippen LogP contribution in [0, 0.1) is 5.92 Å². The predicted molar refractivity (Wildman–Crippen MR) is 85.2 cm³/mol. The van der Waals surface area contributed by atoms with E-state index >= 15 is 0 Å². The minimum atomic E-state index is -0.641. The first kappa shape index (κ1) is 16.5. The normalized spacial score (nSPS) is 21.0. The van der Waals surface area contributed by atoms with E-state index in [-0.39, 0.29) is 12.6 Å². The number of ether oxygens (including phenoxy) is 1. The smallest absolute Gasteiger partial charge is 0.341 e. The van der Waals surface area contributed by atoms with Crippen molar-refractivity contribution in [2.75, 3.05) is 6.61 Å². The van der Waals surface area contributed by atoms with Crippen LogP contribution in [0.3, 0.4) is 0 Å². The van der Waals surface area contributed by atoms with Gasteiger partial charge in [0.25, 0.3) is 0 Å². The number of nitrogens with one attached hydrogen (secondary N) is 1. The van der Waals surface area contributed by atoms with Crippen molar-refractivity contribution in [3.63, 3.8) is 0 Å². The highest BCUT2D eigenvalue weighted by atomic mass is 35.5. The lowest BCUT2D eigenvalue weighted by atomic mass is 9.86. The third-order valence-electron chi connectivity index (χ3n) is 3.50. The van der Waals surface area contributed by atoms with E-state index in [1.165, 1.54) is 0 Å². The van der Waals surface area contributed by atoms with Gasteiger partial charge in [0.15, 0.2) is 0 Å². The molecule has 0 bridgehead atoms. The third kappa shape index (κ3) is 3.47. The second-order valence-electron chi connectivity index (χ2n) is 5.03. The van der Waals surface area contributed by atoms with E-state index in [0.29, 0.717) is 22.7 Å². The Morgan fingerprint density at radius 2 is 2.09 bits per heavy atom. The van der Waals surface area contributed by atoms with Gasteiger partial charge >= 0.3 is 12.0 Å². The zero-order valence-electron chi connectivity index (χ0n) is 12.6. The maximum absolute atomic E-state index is 12.4. The third-order valence-corrected chi connectivity index (χ3v) is 3.85. The summed E-state index contributed by atoms with van der Waals surface area (Å²) in [6.45, 7) is 4.00. The number of urea groups is 1. The fourth-order valence-electron chi connectivity index (χ4n) is 2.60. The molecule has 1 N–H and O–H groups in total. The molecule has 2 rings (SSSR count). The number of esters is 1. The Morgan fingerprint density at radius 3 is 2.73 bits per heavy atom. The molecule has 0 spiro atoms. The van der Waals surface area contributed by atoms with Gasteiger partial charge in [-0.3, -0.25) is 4.79 Å². The summed E-state index contributed by atoms with van der Waals surface area (Å²) in [6, 6.07) is 6.15. The fraction of sp³-hybridized carbons (Fsp3) is 0.438. The summed E-state index contributed by atoms with van der Waals surface area (Å²) in [5, 5.41) is 3.24. The Morgan fingerprint density at radius 1 is 1.36 bits per heavy atom. The van der Waals surface area contributed by atoms with Crippen LogP contribution in [0.5, 0.6) is 0 Å². The van der Waals surface area contributed by atoms with Crippen molar-refractivity contribution in [2.45, 2.75) is 32.7 Å². The number of halogens is 1. The number of aliphatic imine (C=N–C) groups is 1. The fourth-order valence-corrected chi connectivity index (χ4v) is 2.85. The topological polar surface area (TPSA) is 67.8 Å². The molecule has 0 saturated heterocycles. The van der Waals surface area contributed by atoms with Gasteiger partial charge in [0.1, 0.15) is 5.92 Å². The molecule has 5 nitrogen and oxygen atoms in total. The Hall–Kier alpha value is -1.88. The van der Waals surface area contributed by atoms with E-state index in [0.717, 1.165) is 6.42 Å². The monoisotopic (exact) mass is 322 g/mol. The molecule has 1 aromatic rings. The molecule has 6 heteroatoms. The van der Waals surface area contributed by atoms with E-state index in [2.05, 4.69) is 10.3 Å². The molecule has 0 radical (unpaired) electrons. The molecule has 0 fully saturated rings. The van der Waals surface area contributed by atoms with Crippen molar-refractivity contribution >= 4 is 29.3 Å². The number of rotatable bonds is 5. The SMILES string of the molecule is CCCC1=NC(=O)NC(c2ccccc2Cl)C1C(=O)OCC. The van der Waals surface area contributed by atoms with Gasteiger partial charge in [0.2, 0.25) is 0 Å². The molecule has 2 atom stereocenters. The molecule has 1 heterocycles. The molecule has 1 aromatic carbocycles. The van der Waals surface area contributed by atoms with Crippen molar-refractivity contribution in [1.82, 2.24) is 5.32 Å². The highest BCUT2D eigenvalue weighted by molar-refractivity contribution is 6.31. The molecule has 1 aliphatic rings. The van der Waals surface area contributed by atoms with Gasteiger partial charge in [0.05, 0.1) is 12.6 Å². The van der Waals surface area contributed by atoms with Crippen LogP contribution in [0.1, 0.15) is 38.3 Å². The Labute approximate surface area is 134 Å². The molecule has 0 aromatic heterocycles. The number of nitrogens with zero attached hydrogens (tertiary/aromatic N) is 1. The van der Waals surface area contributed by atoms with Gasteiger partial charge < -0.3 is 10.1 Å². The average molecular weight is 323 g/mol. The highest BCUT2D eigenvalue weighted by Crippen LogP contribution is 2.33. The zero-order valence-corrected chi connectivity index (χ0v) is 13.4. The van der Waals surface area contributed by atoms with Crippen LogP contribution in [0.2, 0.25) is 5.02 Å². The quantitative estimate of drug-likeness (QED) is 0.843. The maximum atomic E-state index is 12.4. The first-order valence-corrected chi connectivity index (χ1v) is 7.75. The summed E-state index contributed by atoms with van der Waals surface area (Å²) in [6.07, 6.45) is 1.36. The summed E-state index contributed by atoms with van der Waals surface area (Å²) in [5.74, 6) is -1.03. The average Bonchev–Trinajstić information content (AvgIpc) is 2.47. The molecule has 22 heavy (non-hydrogen) atoms. The van der Waals surface area contributed by atoms with Crippen LogP contribution < -0.4 is 5.32 Å². The Bertz CT molecular complexity index is 601. The second-order valence-corrected chi connectivity index (χ2v) is 5.44. The molecule has 2 unspecified atom stereocenters. The van der Waals surface area contributed by atoms with Gasteiger partial charge in [-0.2, -0.15) is 0 Å². The van der Waals surface area contributed by atoms with Gasteiger partial charge in [-0.1, -0.05) is 43.1 Å². The molecule has 1 aliphatic heterocycles. The Kier molecular flexibility index (Phi) is 5.55. The summed E-state index contributed by atoms with van der Waals surface area (Å²) < 4.78 is 5.17. The minimum Gasteiger partial charge on any atom is -0.465 e. The van der Waals surface area contributed by atoms with Gasteiger partial charge in [-0.15, -0.1) is 0 Å². The first-order valence-electron chi connectivity index (χ1n) is 7.37. The summed E-state index contributed by atoms with van der Waals surface area (Å²) in [5.41, 5.74) is 1.24. The predicted octanol–water partition coefficient (Wildman–Crippen LogP) is 3.52. The molecular formula is C16H19ClN2O3. The van der Waals surface area contributed by atoms with Crippen LogP contribution in [-0.4, -0.2) is 24.3 Å². The molecule has 2 amide bonds. The van der Waals surface area contributed by atoms with Crippen LogP contribution in [0.25, 0.3) is 0 Å². The first-order chi connectivity index (χ1) is 10.6. The Balaban J connectivity index is 2.45. The van der Waals surface area contributed by atoms with E-state index in [4.69, 9.17) is 16.3 Å². The second kappa shape index (κ2) is 7.40. The van der Waals surface area contributed by atoms with Crippen molar-refractivity contribution in [3.05, 3.63) is 34.9 Å². The highest BCUT2D eigenvalue weighted by Gasteiger charge is 2.39.